The molecule has 0 aromatic carbocycles. The molecule has 0 bridgehead atoms. The van der Waals surface area contributed by atoms with E-state index in [0.29, 0.717) is 5.70 Å². The van der Waals surface area contributed by atoms with Gasteiger partial charge >= 0.3 is 0 Å². The van der Waals surface area contributed by atoms with Crippen molar-refractivity contribution in [1.82, 2.24) is 4.90 Å². The highest BCUT2D eigenvalue weighted by Gasteiger charge is 1.84. The SMILES string of the molecule is CN(C)C/C=C(N)\C=C/N. The predicted octanol–water partition coefficient (Wildman–Crippen LogP) is -0.137. The van der Waals surface area contributed by atoms with E-state index in [2.05, 4.69) is 0 Å². The smallest absolute Gasteiger partial charge is 0.0300 e. The van der Waals surface area contributed by atoms with E-state index in [1.807, 2.05) is 25.1 Å². The third-order valence-electron chi connectivity index (χ3n) is 0.981. The van der Waals surface area contributed by atoms with Gasteiger partial charge in [-0.3, -0.25) is 0 Å². The van der Waals surface area contributed by atoms with Crippen LogP contribution in [0.1, 0.15) is 0 Å². The molecule has 0 rings (SSSR count). The zero-order valence-electron chi connectivity index (χ0n) is 6.54. The fourth-order valence-corrected chi connectivity index (χ4v) is 0.467. The van der Waals surface area contributed by atoms with Crippen molar-refractivity contribution in [3.05, 3.63) is 24.0 Å². The Kier molecular flexibility index (Phi) is 4.41. The summed E-state index contributed by atoms with van der Waals surface area (Å²) in [4.78, 5) is 2.03. The topological polar surface area (TPSA) is 55.3 Å². The van der Waals surface area contributed by atoms with Crippen LogP contribution in [0.2, 0.25) is 0 Å². The molecule has 0 aromatic rings. The summed E-state index contributed by atoms with van der Waals surface area (Å²) in [5, 5.41) is 0. The maximum Gasteiger partial charge on any atom is 0.0300 e. The molecule has 0 heterocycles. The molecule has 10 heavy (non-hydrogen) atoms. The average Bonchev–Trinajstić information content (AvgIpc) is 1.85. The summed E-state index contributed by atoms with van der Waals surface area (Å²) in [6, 6.07) is 0. The van der Waals surface area contributed by atoms with E-state index < -0.39 is 0 Å². The Balaban J connectivity index is 3.68. The number of hydrogen-bond acceptors (Lipinski definition) is 3. The molecule has 0 unspecified atom stereocenters. The van der Waals surface area contributed by atoms with Gasteiger partial charge in [0.1, 0.15) is 0 Å². The minimum atomic E-state index is 0.705. The van der Waals surface area contributed by atoms with E-state index in [4.69, 9.17) is 11.5 Å². The Morgan fingerprint density at radius 1 is 1.50 bits per heavy atom. The van der Waals surface area contributed by atoms with Crippen molar-refractivity contribution in [2.75, 3.05) is 20.6 Å². The Morgan fingerprint density at radius 3 is 2.50 bits per heavy atom. The molecule has 3 nitrogen and oxygen atoms in total. The van der Waals surface area contributed by atoms with Crippen LogP contribution in [0.15, 0.2) is 24.0 Å². The van der Waals surface area contributed by atoms with Crippen molar-refractivity contribution in [3.8, 4) is 0 Å². The van der Waals surface area contributed by atoms with Gasteiger partial charge in [0.2, 0.25) is 0 Å². The minimum absolute atomic E-state index is 0.705. The number of rotatable bonds is 3. The second-order valence-corrected chi connectivity index (χ2v) is 2.33. The lowest BCUT2D eigenvalue weighted by Gasteiger charge is -2.04. The van der Waals surface area contributed by atoms with Crippen molar-refractivity contribution in [1.29, 1.82) is 0 Å². The summed E-state index contributed by atoms with van der Waals surface area (Å²) in [5.74, 6) is 0. The van der Waals surface area contributed by atoms with Crippen molar-refractivity contribution in [2.45, 2.75) is 0 Å². The van der Waals surface area contributed by atoms with Crippen LogP contribution >= 0.6 is 0 Å². The molecule has 0 atom stereocenters. The molecule has 4 N–H and O–H groups in total. The van der Waals surface area contributed by atoms with Crippen LogP contribution in [0.25, 0.3) is 0 Å². The Labute approximate surface area is 62.0 Å². The molecule has 0 aliphatic carbocycles. The molecule has 0 aliphatic rings. The molecular weight excluding hydrogens is 126 g/mol. The van der Waals surface area contributed by atoms with Crippen LogP contribution in [0.3, 0.4) is 0 Å². The first-order chi connectivity index (χ1) is 4.66. The summed E-state index contributed by atoms with van der Waals surface area (Å²) in [6.07, 6.45) is 5.01. The van der Waals surface area contributed by atoms with Gasteiger partial charge in [-0.15, -0.1) is 0 Å². The van der Waals surface area contributed by atoms with Crippen LogP contribution in [-0.2, 0) is 0 Å². The highest BCUT2D eigenvalue weighted by molar-refractivity contribution is 5.13. The highest BCUT2D eigenvalue weighted by Crippen LogP contribution is 1.85. The maximum absolute atomic E-state index is 5.50. The molecule has 0 saturated heterocycles. The van der Waals surface area contributed by atoms with Gasteiger partial charge in [0.05, 0.1) is 0 Å². The van der Waals surface area contributed by atoms with Crippen LogP contribution in [-0.4, -0.2) is 25.5 Å². The lowest BCUT2D eigenvalue weighted by Crippen LogP contribution is -2.12. The Morgan fingerprint density at radius 2 is 2.10 bits per heavy atom. The number of allylic oxidation sites excluding steroid dienone is 1. The van der Waals surface area contributed by atoms with Gasteiger partial charge < -0.3 is 16.4 Å². The molecule has 0 saturated carbocycles. The number of nitrogens with zero attached hydrogens (tertiary/aromatic N) is 1. The zero-order valence-corrected chi connectivity index (χ0v) is 6.54. The maximum atomic E-state index is 5.50. The summed E-state index contributed by atoms with van der Waals surface area (Å²) in [7, 11) is 3.96. The van der Waals surface area contributed by atoms with E-state index in [9.17, 15) is 0 Å². The standard InChI is InChI=1S/C7H15N3/c1-10(2)6-4-7(9)3-5-8/h3-5H,6,8-9H2,1-2H3/b5-3-,7-4+. The van der Waals surface area contributed by atoms with Gasteiger partial charge in [-0.05, 0) is 32.4 Å². The molecule has 0 radical (unpaired) electrons. The number of nitrogens with two attached hydrogens (primary N) is 2. The third kappa shape index (κ3) is 5.18. The van der Waals surface area contributed by atoms with Crippen molar-refractivity contribution in [2.24, 2.45) is 11.5 Å². The largest absolute Gasteiger partial charge is 0.405 e. The molecule has 0 fully saturated rings. The fraction of sp³-hybridized carbons (Fsp3) is 0.429. The second kappa shape index (κ2) is 4.88. The first-order valence-corrected chi connectivity index (χ1v) is 3.15. The van der Waals surface area contributed by atoms with E-state index in [-0.39, 0.29) is 0 Å². The van der Waals surface area contributed by atoms with Crippen LogP contribution in [0, 0.1) is 0 Å². The summed E-state index contributed by atoms with van der Waals surface area (Å²) >= 11 is 0. The summed E-state index contributed by atoms with van der Waals surface area (Å²) in [5.41, 5.74) is 11.3. The highest BCUT2D eigenvalue weighted by atomic mass is 15.0. The summed E-state index contributed by atoms with van der Waals surface area (Å²) < 4.78 is 0. The average molecular weight is 141 g/mol. The molecule has 0 aliphatic heterocycles. The van der Waals surface area contributed by atoms with Crippen LogP contribution in [0.4, 0.5) is 0 Å². The van der Waals surface area contributed by atoms with Crippen molar-refractivity contribution < 1.29 is 0 Å². The molecule has 0 spiro atoms. The van der Waals surface area contributed by atoms with Crippen molar-refractivity contribution in [3.63, 3.8) is 0 Å². The van der Waals surface area contributed by atoms with Gasteiger partial charge in [0.15, 0.2) is 0 Å². The lowest BCUT2D eigenvalue weighted by atomic mass is 10.4. The van der Waals surface area contributed by atoms with Crippen molar-refractivity contribution >= 4 is 0 Å². The van der Waals surface area contributed by atoms with Gasteiger partial charge in [0.25, 0.3) is 0 Å². The Hall–Kier alpha value is -0.960. The van der Waals surface area contributed by atoms with Gasteiger partial charge in [0, 0.05) is 12.2 Å². The molecule has 3 heteroatoms. The van der Waals surface area contributed by atoms with Gasteiger partial charge in [-0.25, -0.2) is 0 Å². The van der Waals surface area contributed by atoms with E-state index in [1.165, 1.54) is 6.20 Å². The lowest BCUT2D eigenvalue weighted by molar-refractivity contribution is 0.455. The molecular formula is C7H15N3. The molecule has 0 aromatic heterocycles. The molecule has 0 amide bonds. The van der Waals surface area contributed by atoms with E-state index in [1.54, 1.807) is 6.08 Å². The molecule has 58 valence electrons. The van der Waals surface area contributed by atoms with Crippen LogP contribution < -0.4 is 11.5 Å². The zero-order chi connectivity index (χ0) is 7.98. The first-order valence-electron chi connectivity index (χ1n) is 3.15. The number of hydrogen-bond donors (Lipinski definition) is 2. The first kappa shape index (κ1) is 9.04. The fourth-order valence-electron chi connectivity index (χ4n) is 0.467. The van der Waals surface area contributed by atoms with E-state index in [0.717, 1.165) is 6.54 Å². The quantitative estimate of drug-likeness (QED) is 0.538. The second-order valence-electron chi connectivity index (χ2n) is 2.33. The van der Waals surface area contributed by atoms with Gasteiger partial charge in [-0.2, -0.15) is 0 Å². The Bertz CT molecular complexity index is 136. The third-order valence-corrected chi connectivity index (χ3v) is 0.981. The van der Waals surface area contributed by atoms with Crippen LogP contribution in [0.5, 0.6) is 0 Å². The van der Waals surface area contributed by atoms with Gasteiger partial charge in [-0.1, -0.05) is 0 Å². The monoisotopic (exact) mass is 141 g/mol. The normalized spacial score (nSPS) is 13.3. The number of likely N-dealkylation sites (N-methyl/N-ethyl adjacent to an activating group) is 1. The van der Waals surface area contributed by atoms with E-state index >= 15 is 0 Å². The minimum Gasteiger partial charge on any atom is -0.405 e. The predicted molar refractivity (Wildman–Crippen MR) is 44.2 cm³/mol. The summed E-state index contributed by atoms with van der Waals surface area (Å²) in [6.45, 7) is 0.843.